The third-order valence-electron chi connectivity index (χ3n) is 4.97. The van der Waals surface area contributed by atoms with Crippen molar-refractivity contribution in [3.05, 3.63) is 29.7 Å². The quantitative estimate of drug-likeness (QED) is 0.752. The summed E-state index contributed by atoms with van der Waals surface area (Å²) in [5.41, 5.74) is 0.100. The lowest BCUT2D eigenvalue weighted by Gasteiger charge is -2.40. The number of fused-ring (bicyclic) bond motifs is 1. The number of amides is 1. The molecule has 0 bridgehead atoms. The lowest BCUT2D eigenvalue weighted by molar-refractivity contribution is -0.174. The van der Waals surface area contributed by atoms with Crippen LogP contribution in [0.2, 0.25) is 0 Å². The van der Waals surface area contributed by atoms with Crippen molar-refractivity contribution in [1.29, 1.82) is 0 Å². The molecule has 6 nitrogen and oxygen atoms in total. The van der Waals surface area contributed by atoms with Crippen LogP contribution in [0.15, 0.2) is 18.3 Å². The van der Waals surface area contributed by atoms with Gasteiger partial charge in [0.1, 0.15) is 5.82 Å². The van der Waals surface area contributed by atoms with E-state index in [1.165, 1.54) is 11.0 Å². The molecule has 0 saturated heterocycles. The van der Waals surface area contributed by atoms with Crippen LogP contribution >= 0.6 is 0 Å². The van der Waals surface area contributed by atoms with Gasteiger partial charge in [-0.25, -0.2) is 9.36 Å². The van der Waals surface area contributed by atoms with E-state index in [-0.39, 0.29) is 23.9 Å². The fourth-order valence-electron chi connectivity index (χ4n) is 3.61. The summed E-state index contributed by atoms with van der Waals surface area (Å²) in [6.07, 6.45) is -2.42. The number of hydrogen-bond donors (Lipinski definition) is 0. The van der Waals surface area contributed by atoms with Crippen molar-refractivity contribution >= 4 is 11.7 Å². The summed E-state index contributed by atoms with van der Waals surface area (Å²) < 4.78 is 67.4. The van der Waals surface area contributed by atoms with E-state index in [0.717, 1.165) is 29.8 Å². The highest BCUT2D eigenvalue weighted by Gasteiger charge is 2.52. The van der Waals surface area contributed by atoms with E-state index in [4.69, 9.17) is 0 Å². The maximum Gasteiger partial charge on any atom is 0.410 e. The predicted octanol–water partition coefficient (Wildman–Crippen LogP) is 3.72. The molecule has 2 aliphatic rings. The molecule has 27 heavy (non-hydrogen) atoms. The topological polar surface area (TPSA) is 56.0 Å². The Balaban J connectivity index is 1.77. The standard InChI is InChI=1S/C16H16F5N5O/c1-8-6-13-25(14(27)10-4-5-24(23-10)15(17)18)11(9-2-3-9)7-12(16(19,20)21)26(13)22-8/h4-6,9,11-12,15H,2-3,7H2,1H3/t11-,12+/m1/s1. The lowest BCUT2D eigenvalue weighted by Crippen LogP contribution is -2.50. The number of rotatable bonds is 3. The van der Waals surface area contributed by atoms with E-state index in [2.05, 4.69) is 10.2 Å². The Morgan fingerprint density at radius 3 is 2.52 bits per heavy atom. The number of aromatic nitrogens is 4. The molecule has 0 aromatic carbocycles. The molecule has 1 aliphatic carbocycles. The SMILES string of the molecule is Cc1cc2n(n1)[C@H](C(F)(F)F)C[C@H](C1CC1)N2C(=O)c1ccn(C(F)F)n1. The van der Waals surface area contributed by atoms with Crippen LogP contribution in [0.25, 0.3) is 0 Å². The zero-order valence-corrected chi connectivity index (χ0v) is 14.2. The predicted molar refractivity (Wildman–Crippen MR) is 83.5 cm³/mol. The van der Waals surface area contributed by atoms with Gasteiger partial charge >= 0.3 is 12.7 Å². The van der Waals surface area contributed by atoms with Crippen LogP contribution in [0.5, 0.6) is 0 Å². The summed E-state index contributed by atoms with van der Waals surface area (Å²) in [6, 6.07) is 0.0517. The smallest absolute Gasteiger partial charge is 0.288 e. The van der Waals surface area contributed by atoms with Gasteiger partial charge < -0.3 is 0 Å². The highest BCUT2D eigenvalue weighted by Crippen LogP contribution is 2.48. The van der Waals surface area contributed by atoms with E-state index in [9.17, 15) is 26.7 Å². The molecule has 1 amide bonds. The lowest BCUT2D eigenvalue weighted by atomic mass is 9.97. The van der Waals surface area contributed by atoms with Gasteiger partial charge in [0.15, 0.2) is 11.7 Å². The van der Waals surface area contributed by atoms with Crippen molar-refractivity contribution in [3.8, 4) is 0 Å². The summed E-state index contributed by atoms with van der Waals surface area (Å²) in [5.74, 6) is -0.734. The molecule has 2 aromatic heterocycles. The van der Waals surface area contributed by atoms with Gasteiger partial charge in [0.2, 0.25) is 0 Å². The average Bonchev–Trinajstić information content (AvgIpc) is 3.15. The number of aryl methyl sites for hydroxylation is 1. The number of halogens is 5. The number of alkyl halides is 5. The first-order chi connectivity index (χ1) is 12.7. The molecule has 0 unspecified atom stereocenters. The Bertz CT molecular complexity index is 869. The first-order valence-electron chi connectivity index (χ1n) is 8.46. The number of hydrogen-bond acceptors (Lipinski definition) is 3. The first-order valence-corrected chi connectivity index (χ1v) is 8.46. The monoisotopic (exact) mass is 389 g/mol. The fourth-order valence-corrected chi connectivity index (χ4v) is 3.61. The Morgan fingerprint density at radius 1 is 1.26 bits per heavy atom. The van der Waals surface area contributed by atoms with Crippen molar-refractivity contribution in [2.45, 2.75) is 51.0 Å². The molecular formula is C16H16F5N5O. The average molecular weight is 389 g/mol. The van der Waals surface area contributed by atoms with Crippen molar-refractivity contribution < 1.29 is 26.7 Å². The third-order valence-corrected chi connectivity index (χ3v) is 4.97. The van der Waals surface area contributed by atoms with Gasteiger partial charge in [-0.2, -0.15) is 32.1 Å². The Morgan fingerprint density at radius 2 is 1.96 bits per heavy atom. The molecule has 4 rings (SSSR count). The van der Waals surface area contributed by atoms with Crippen LogP contribution in [-0.2, 0) is 0 Å². The summed E-state index contributed by atoms with van der Waals surface area (Å²) in [4.78, 5) is 14.2. The summed E-state index contributed by atoms with van der Waals surface area (Å²) >= 11 is 0. The van der Waals surface area contributed by atoms with Gasteiger partial charge in [-0.3, -0.25) is 9.69 Å². The zero-order valence-electron chi connectivity index (χ0n) is 14.2. The second-order valence-corrected chi connectivity index (χ2v) is 6.92. The number of carbonyl (C=O) groups excluding carboxylic acids is 1. The van der Waals surface area contributed by atoms with E-state index in [0.29, 0.717) is 10.4 Å². The zero-order chi connectivity index (χ0) is 19.5. The molecule has 11 heteroatoms. The van der Waals surface area contributed by atoms with Crippen LogP contribution < -0.4 is 4.90 Å². The summed E-state index contributed by atoms with van der Waals surface area (Å²) in [5, 5.41) is 7.50. The molecule has 0 radical (unpaired) electrons. The molecule has 146 valence electrons. The van der Waals surface area contributed by atoms with Gasteiger partial charge in [0.05, 0.1) is 5.69 Å². The highest BCUT2D eigenvalue weighted by atomic mass is 19.4. The second-order valence-electron chi connectivity index (χ2n) is 6.92. The maximum atomic E-state index is 13.6. The summed E-state index contributed by atoms with van der Waals surface area (Å²) in [7, 11) is 0. The molecule has 0 N–H and O–H groups in total. The van der Waals surface area contributed by atoms with E-state index >= 15 is 0 Å². The highest BCUT2D eigenvalue weighted by molar-refractivity contribution is 6.05. The van der Waals surface area contributed by atoms with Gasteiger partial charge in [0, 0.05) is 18.3 Å². The van der Waals surface area contributed by atoms with Crippen LogP contribution in [0.4, 0.5) is 27.8 Å². The van der Waals surface area contributed by atoms with Gasteiger partial charge in [-0.15, -0.1) is 0 Å². The fraction of sp³-hybridized carbons (Fsp3) is 0.562. The molecule has 3 heterocycles. The Kier molecular flexibility index (Phi) is 4.00. The molecule has 2 atom stereocenters. The van der Waals surface area contributed by atoms with Crippen molar-refractivity contribution in [1.82, 2.24) is 19.6 Å². The minimum Gasteiger partial charge on any atom is -0.288 e. The number of nitrogens with zero attached hydrogens (tertiary/aromatic N) is 5. The maximum absolute atomic E-state index is 13.6. The minimum absolute atomic E-state index is 0.0228. The van der Waals surface area contributed by atoms with Crippen LogP contribution in [0.1, 0.15) is 48.0 Å². The van der Waals surface area contributed by atoms with E-state index in [1.807, 2.05) is 0 Å². The molecule has 1 aliphatic heterocycles. The van der Waals surface area contributed by atoms with Crippen LogP contribution in [0, 0.1) is 12.8 Å². The molecular weight excluding hydrogens is 373 g/mol. The van der Waals surface area contributed by atoms with Gasteiger partial charge in [-0.05, 0) is 38.2 Å². The normalized spacial score (nSPS) is 23.0. The van der Waals surface area contributed by atoms with Crippen molar-refractivity contribution in [3.63, 3.8) is 0 Å². The summed E-state index contributed by atoms with van der Waals surface area (Å²) in [6.45, 7) is -1.37. The Hall–Kier alpha value is -2.46. The molecule has 0 spiro atoms. The number of anilines is 1. The third kappa shape index (κ3) is 3.08. The largest absolute Gasteiger partial charge is 0.410 e. The number of carbonyl (C=O) groups is 1. The van der Waals surface area contributed by atoms with Crippen molar-refractivity contribution in [2.24, 2.45) is 5.92 Å². The van der Waals surface area contributed by atoms with Gasteiger partial charge in [0.25, 0.3) is 5.91 Å². The molecule has 2 aromatic rings. The van der Waals surface area contributed by atoms with Crippen molar-refractivity contribution in [2.75, 3.05) is 4.90 Å². The Labute approximate surface area is 150 Å². The second kappa shape index (κ2) is 6.03. The van der Waals surface area contributed by atoms with Crippen LogP contribution in [-0.4, -0.2) is 37.7 Å². The van der Waals surface area contributed by atoms with E-state index < -0.39 is 30.7 Å². The molecule has 1 fully saturated rings. The first kappa shape index (κ1) is 17.9. The van der Waals surface area contributed by atoms with Gasteiger partial charge in [-0.1, -0.05) is 0 Å². The van der Waals surface area contributed by atoms with Crippen LogP contribution in [0.3, 0.4) is 0 Å². The molecule has 1 saturated carbocycles. The minimum atomic E-state index is -4.51. The van der Waals surface area contributed by atoms with E-state index in [1.54, 1.807) is 6.92 Å².